The summed E-state index contributed by atoms with van der Waals surface area (Å²) in [5.74, 6) is -0.384. The van der Waals surface area contributed by atoms with Gasteiger partial charge in [-0.3, -0.25) is 9.59 Å². The number of carbonyl (C=O) groups excluding carboxylic acids is 2. The summed E-state index contributed by atoms with van der Waals surface area (Å²) in [6, 6.07) is 22.7. The molecule has 1 aliphatic rings. The number of rotatable bonds is 6. The van der Waals surface area contributed by atoms with E-state index in [9.17, 15) is 9.59 Å². The Morgan fingerprint density at radius 1 is 1.00 bits per heavy atom. The summed E-state index contributed by atoms with van der Waals surface area (Å²) in [6.07, 6.45) is 3.79. The highest BCUT2D eigenvalue weighted by molar-refractivity contribution is 6.31. The molecule has 0 aliphatic heterocycles. The first kappa shape index (κ1) is 24.5. The van der Waals surface area contributed by atoms with Gasteiger partial charge < -0.3 is 16.0 Å². The summed E-state index contributed by atoms with van der Waals surface area (Å²) in [5, 5.41) is 12.3. The highest BCUT2D eigenvalue weighted by Gasteiger charge is 2.32. The first-order valence-corrected chi connectivity index (χ1v) is 12.1. The van der Waals surface area contributed by atoms with Crippen LogP contribution in [0, 0.1) is 11.3 Å². The average molecular weight is 487 g/mol. The van der Waals surface area contributed by atoms with E-state index in [2.05, 4.69) is 5.32 Å². The van der Waals surface area contributed by atoms with E-state index in [1.165, 1.54) is 0 Å². The van der Waals surface area contributed by atoms with Crippen molar-refractivity contribution in [3.63, 3.8) is 0 Å². The quantitative estimate of drug-likeness (QED) is 0.488. The fourth-order valence-corrected chi connectivity index (χ4v) is 4.65. The van der Waals surface area contributed by atoms with E-state index in [-0.39, 0.29) is 30.4 Å². The van der Waals surface area contributed by atoms with Gasteiger partial charge in [-0.15, -0.1) is 0 Å². The molecule has 35 heavy (non-hydrogen) atoms. The van der Waals surface area contributed by atoms with E-state index in [4.69, 9.17) is 22.6 Å². The van der Waals surface area contributed by atoms with Crippen LogP contribution in [0.3, 0.4) is 0 Å². The molecule has 2 unspecified atom stereocenters. The number of hydrogen-bond acceptors (Lipinski definition) is 4. The number of nitriles is 1. The summed E-state index contributed by atoms with van der Waals surface area (Å²) < 4.78 is 0. The van der Waals surface area contributed by atoms with E-state index >= 15 is 0 Å². The van der Waals surface area contributed by atoms with Crippen molar-refractivity contribution in [1.29, 1.82) is 5.26 Å². The predicted octanol–water partition coefficient (Wildman–Crippen LogP) is 5.38. The standard InChI is InChI=1S/C28H27ClN4O2/c29-24-15-14-23(32-27(34)20-12-10-19(17-30)11-13-20)16-22(24)18-33(26-9-5-4-8-25(26)31)28(35)21-6-2-1-3-7-21/h1-3,6-7,10-16,25-26H,4-5,8-9,18,31H2,(H,32,34). The number of benzene rings is 3. The molecule has 4 rings (SSSR count). The van der Waals surface area contributed by atoms with Gasteiger partial charge in [0.15, 0.2) is 0 Å². The maximum Gasteiger partial charge on any atom is 0.255 e. The number of amides is 2. The Kier molecular flexibility index (Phi) is 7.81. The molecule has 1 aliphatic carbocycles. The third-order valence-corrected chi connectivity index (χ3v) is 6.75. The van der Waals surface area contributed by atoms with Crippen molar-refractivity contribution in [2.24, 2.45) is 5.73 Å². The number of halogens is 1. The van der Waals surface area contributed by atoms with Gasteiger partial charge >= 0.3 is 0 Å². The van der Waals surface area contributed by atoms with Gasteiger partial charge in [0.1, 0.15) is 0 Å². The summed E-state index contributed by atoms with van der Waals surface area (Å²) in [7, 11) is 0. The molecule has 1 saturated carbocycles. The molecule has 0 aromatic heterocycles. The Labute approximate surface area is 210 Å². The minimum Gasteiger partial charge on any atom is -0.330 e. The molecule has 6 nitrogen and oxygen atoms in total. The monoisotopic (exact) mass is 486 g/mol. The zero-order chi connectivity index (χ0) is 24.8. The Morgan fingerprint density at radius 3 is 2.40 bits per heavy atom. The van der Waals surface area contributed by atoms with E-state index in [0.717, 1.165) is 31.2 Å². The number of nitrogens with zero attached hydrogens (tertiary/aromatic N) is 2. The average Bonchev–Trinajstić information content (AvgIpc) is 2.89. The van der Waals surface area contributed by atoms with Crippen molar-refractivity contribution in [2.75, 3.05) is 5.32 Å². The zero-order valence-corrected chi connectivity index (χ0v) is 20.0. The topological polar surface area (TPSA) is 99.2 Å². The smallest absolute Gasteiger partial charge is 0.255 e. The lowest BCUT2D eigenvalue weighted by Crippen LogP contribution is -2.51. The van der Waals surface area contributed by atoms with Crippen LogP contribution in [0.25, 0.3) is 0 Å². The number of anilines is 1. The van der Waals surface area contributed by atoms with Crippen LogP contribution in [-0.4, -0.2) is 28.8 Å². The van der Waals surface area contributed by atoms with Gasteiger partial charge in [-0.05, 0) is 73.0 Å². The van der Waals surface area contributed by atoms with Crippen molar-refractivity contribution < 1.29 is 9.59 Å². The van der Waals surface area contributed by atoms with Gasteiger partial charge in [0.25, 0.3) is 11.8 Å². The molecule has 0 heterocycles. The molecule has 1 fully saturated rings. The molecule has 3 aromatic carbocycles. The molecule has 0 saturated heterocycles. The van der Waals surface area contributed by atoms with Crippen molar-refractivity contribution in [3.05, 3.63) is 100 Å². The molecule has 0 radical (unpaired) electrons. The normalized spacial score (nSPS) is 17.3. The second-order valence-electron chi connectivity index (χ2n) is 8.76. The molecule has 0 bridgehead atoms. The van der Waals surface area contributed by atoms with Crippen molar-refractivity contribution in [1.82, 2.24) is 4.90 Å². The molecule has 7 heteroatoms. The first-order valence-electron chi connectivity index (χ1n) is 11.7. The lowest BCUT2D eigenvalue weighted by molar-refractivity contribution is 0.0583. The van der Waals surface area contributed by atoms with Crippen LogP contribution in [0.15, 0.2) is 72.8 Å². The lowest BCUT2D eigenvalue weighted by Gasteiger charge is -2.38. The molecule has 2 atom stereocenters. The number of carbonyl (C=O) groups is 2. The third kappa shape index (κ3) is 5.89. The van der Waals surface area contributed by atoms with Crippen LogP contribution in [0.2, 0.25) is 5.02 Å². The fraction of sp³-hybridized carbons (Fsp3) is 0.250. The van der Waals surface area contributed by atoms with E-state index < -0.39 is 0 Å². The Morgan fingerprint density at radius 2 is 1.71 bits per heavy atom. The summed E-state index contributed by atoms with van der Waals surface area (Å²) in [5.41, 5.74) is 9.29. The molecular formula is C28H27ClN4O2. The summed E-state index contributed by atoms with van der Waals surface area (Å²) in [6.45, 7) is 0.283. The van der Waals surface area contributed by atoms with Gasteiger partial charge in [-0.25, -0.2) is 0 Å². The zero-order valence-electron chi connectivity index (χ0n) is 19.3. The van der Waals surface area contributed by atoms with Crippen molar-refractivity contribution in [3.8, 4) is 6.07 Å². The summed E-state index contributed by atoms with van der Waals surface area (Å²) >= 11 is 6.54. The highest BCUT2D eigenvalue weighted by Crippen LogP contribution is 2.29. The first-order chi connectivity index (χ1) is 17.0. The fourth-order valence-electron chi connectivity index (χ4n) is 4.47. The minimum atomic E-state index is -0.297. The second kappa shape index (κ2) is 11.2. The maximum absolute atomic E-state index is 13.5. The number of hydrogen-bond donors (Lipinski definition) is 2. The van der Waals surface area contributed by atoms with Gasteiger partial charge in [-0.2, -0.15) is 5.26 Å². The summed E-state index contributed by atoms with van der Waals surface area (Å²) in [4.78, 5) is 28.1. The molecular weight excluding hydrogens is 460 g/mol. The highest BCUT2D eigenvalue weighted by atomic mass is 35.5. The van der Waals surface area contributed by atoms with E-state index in [1.807, 2.05) is 29.2 Å². The Balaban J connectivity index is 1.59. The molecule has 3 N–H and O–H groups in total. The van der Waals surface area contributed by atoms with Gasteiger partial charge in [0.05, 0.1) is 11.6 Å². The predicted molar refractivity (Wildman–Crippen MR) is 137 cm³/mol. The van der Waals surface area contributed by atoms with Crippen LogP contribution >= 0.6 is 11.6 Å². The van der Waals surface area contributed by atoms with Gasteiger partial charge in [0.2, 0.25) is 0 Å². The molecule has 2 amide bonds. The largest absolute Gasteiger partial charge is 0.330 e. The Bertz CT molecular complexity index is 1240. The number of nitrogens with two attached hydrogens (primary N) is 1. The molecule has 3 aromatic rings. The van der Waals surface area contributed by atoms with E-state index in [1.54, 1.807) is 54.6 Å². The van der Waals surface area contributed by atoms with Crippen LogP contribution in [0.1, 0.15) is 57.5 Å². The van der Waals surface area contributed by atoms with Crippen molar-refractivity contribution in [2.45, 2.75) is 44.3 Å². The maximum atomic E-state index is 13.5. The third-order valence-electron chi connectivity index (χ3n) is 6.38. The molecule has 178 valence electrons. The molecule has 0 spiro atoms. The number of nitrogens with one attached hydrogen (secondary N) is 1. The van der Waals surface area contributed by atoms with Gasteiger partial charge in [-0.1, -0.05) is 42.6 Å². The second-order valence-corrected chi connectivity index (χ2v) is 9.17. The van der Waals surface area contributed by atoms with E-state index in [0.29, 0.717) is 27.4 Å². The van der Waals surface area contributed by atoms with Gasteiger partial charge in [0, 0.05) is 40.5 Å². The Hall–Kier alpha value is -3.66. The SMILES string of the molecule is N#Cc1ccc(C(=O)Nc2ccc(Cl)c(CN(C(=O)c3ccccc3)C3CCCCC3N)c2)cc1. The van der Waals surface area contributed by atoms with Crippen LogP contribution < -0.4 is 11.1 Å². The lowest BCUT2D eigenvalue weighted by atomic mass is 9.89. The van der Waals surface area contributed by atoms with Crippen LogP contribution in [0.4, 0.5) is 5.69 Å². The van der Waals surface area contributed by atoms with Crippen molar-refractivity contribution >= 4 is 29.1 Å². The van der Waals surface area contributed by atoms with Crippen LogP contribution in [-0.2, 0) is 6.54 Å². The van der Waals surface area contributed by atoms with Crippen LogP contribution in [0.5, 0.6) is 0 Å². The minimum absolute atomic E-state index is 0.0870.